The summed E-state index contributed by atoms with van der Waals surface area (Å²) >= 11 is 1.39. The Morgan fingerprint density at radius 2 is 2.00 bits per heavy atom. The van der Waals surface area contributed by atoms with E-state index >= 15 is 0 Å². The molecule has 2 rings (SSSR count). The Morgan fingerprint density at radius 3 is 2.58 bits per heavy atom. The van der Waals surface area contributed by atoms with E-state index in [0.29, 0.717) is 11.3 Å². The van der Waals surface area contributed by atoms with Gasteiger partial charge in [0.1, 0.15) is 5.75 Å². The molecule has 0 radical (unpaired) electrons. The van der Waals surface area contributed by atoms with Gasteiger partial charge in [-0.2, -0.15) is 13.2 Å². The zero-order valence-corrected chi connectivity index (χ0v) is 16.5. The second-order valence-corrected chi connectivity index (χ2v) is 10.5. The molecule has 1 unspecified atom stereocenters. The topological polar surface area (TPSA) is 54.5 Å². The van der Waals surface area contributed by atoms with E-state index in [2.05, 4.69) is 0 Å². The summed E-state index contributed by atoms with van der Waals surface area (Å²) in [6.45, 7) is 5.59. The molecule has 1 aliphatic heterocycles. The van der Waals surface area contributed by atoms with Gasteiger partial charge in [0.25, 0.3) is 0 Å². The third kappa shape index (κ3) is 5.39. The van der Waals surface area contributed by atoms with Gasteiger partial charge in [0, 0.05) is 16.7 Å². The first-order chi connectivity index (χ1) is 11.9. The Balaban J connectivity index is 2.39. The first-order valence-corrected chi connectivity index (χ1v) is 11.0. The highest BCUT2D eigenvalue weighted by molar-refractivity contribution is 8.00. The Hall–Kier alpha value is -1.22. The van der Waals surface area contributed by atoms with Crippen LogP contribution >= 0.6 is 11.8 Å². The summed E-state index contributed by atoms with van der Waals surface area (Å²) in [5.74, 6) is -1.63. The molecule has 9 heteroatoms. The van der Waals surface area contributed by atoms with E-state index in [1.807, 2.05) is 6.92 Å². The number of thioether (sulfide) groups is 1. The molecule has 0 N–H and O–H groups in total. The third-order valence-corrected chi connectivity index (χ3v) is 6.99. The summed E-state index contributed by atoms with van der Waals surface area (Å²) < 4.78 is 63.5. The van der Waals surface area contributed by atoms with Gasteiger partial charge in [-0.05, 0) is 30.5 Å². The maximum Gasteiger partial charge on any atom is 0.416 e. The van der Waals surface area contributed by atoms with Crippen molar-refractivity contribution in [2.75, 3.05) is 23.0 Å². The summed E-state index contributed by atoms with van der Waals surface area (Å²) in [7, 11) is -3.62. The zero-order chi connectivity index (χ0) is 19.7. The Bertz CT molecular complexity index is 776. The maximum absolute atomic E-state index is 13.1. The van der Waals surface area contributed by atoms with E-state index in [4.69, 9.17) is 0 Å². The molecule has 1 aromatic rings. The fourth-order valence-electron chi connectivity index (χ4n) is 2.80. The van der Waals surface area contributed by atoms with Gasteiger partial charge in [-0.3, -0.25) is 4.79 Å². The average Bonchev–Trinajstić information content (AvgIpc) is 2.61. The van der Waals surface area contributed by atoms with Crippen molar-refractivity contribution in [3.8, 4) is 0 Å². The summed E-state index contributed by atoms with van der Waals surface area (Å²) in [6.07, 6.45) is -3.97. The van der Waals surface area contributed by atoms with Crippen molar-refractivity contribution in [2.45, 2.75) is 43.5 Å². The van der Waals surface area contributed by atoms with Crippen molar-refractivity contribution in [3.05, 3.63) is 23.8 Å². The normalized spacial score (nSPS) is 18.6. The molecule has 0 aliphatic carbocycles. The number of hydrogen-bond donors (Lipinski definition) is 0. The minimum atomic E-state index is -4.53. The number of nitrogens with zero attached hydrogens (tertiary/aromatic N) is 1. The number of alkyl halides is 3. The minimum absolute atomic E-state index is 0.107. The predicted molar refractivity (Wildman–Crippen MR) is 97.2 cm³/mol. The monoisotopic (exact) mass is 409 g/mol. The van der Waals surface area contributed by atoms with Gasteiger partial charge in [-0.25, -0.2) is 8.42 Å². The highest BCUT2D eigenvalue weighted by atomic mass is 32.2. The number of halogens is 3. The number of anilines is 1. The van der Waals surface area contributed by atoms with Gasteiger partial charge in [0.2, 0.25) is 5.91 Å². The number of amides is 1. The maximum atomic E-state index is 13.1. The average molecular weight is 409 g/mol. The summed E-state index contributed by atoms with van der Waals surface area (Å²) in [4.78, 5) is 14.4. The molecule has 1 aromatic carbocycles. The molecule has 1 atom stereocenters. The van der Waals surface area contributed by atoms with Gasteiger partial charge >= 0.3 is 6.18 Å². The Morgan fingerprint density at radius 1 is 1.35 bits per heavy atom. The minimum Gasteiger partial charge on any atom is -0.310 e. The molecule has 1 heterocycles. The number of hydrogen-bond acceptors (Lipinski definition) is 4. The summed E-state index contributed by atoms with van der Waals surface area (Å²) in [5, 5.41) is 0.107. The highest BCUT2D eigenvalue weighted by Crippen LogP contribution is 2.41. The molecule has 26 heavy (non-hydrogen) atoms. The molecule has 0 spiro atoms. The van der Waals surface area contributed by atoms with Gasteiger partial charge in [-0.1, -0.05) is 20.8 Å². The highest BCUT2D eigenvalue weighted by Gasteiger charge is 2.34. The van der Waals surface area contributed by atoms with Crippen LogP contribution in [0, 0.1) is 5.92 Å². The van der Waals surface area contributed by atoms with Crippen LogP contribution in [0.25, 0.3) is 0 Å². The van der Waals surface area contributed by atoms with Crippen LogP contribution in [-0.4, -0.2) is 37.6 Å². The number of carbonyl (C=O) groups excluding carboxylic acids is 1. The van der Waals surface area contributed by atoms with Crippen LogP contribution in [-0.2, 0) is 20.8 Å². The van der Waals surface area contributed by atoms with Crippen LogP contribution in [0.1, 0.15) is 32.8 Å². The van der Waals surface area contributed by atoms with Crippen molar-refractivity contribution < 1.29 is 26.4 Å². The lowest BCUT2D eigenvalue weighted by molar-refractivity contribution is -0.137. The molecular formula is C17H22F3NO3S2. The predicted octanol–water partition coefficient (Wildman–Crippen LogP) is 3.99. The fraction of sp³-hybridized carbons (Fsp3) is 0.588. The fourth-order valence-corrected chi connectivity index (χ4v) is 5.56. The molecule has 1 aliphatic rings. The van der Waals surface area contributed by atoms with Gasteiger partial charge in [0.05, 0.1) is 17.0 Å². The number of fused-ring (bicyclic) bond motifs is 1. The van der Waals surface area contributed by atoms with Crippen LogP contribution in [0.4, 0.5) is 18.9 Å². The van der Waals surface area contributed by atoms with E-state index in [1.54, 1.807) is 13.8 Å². The number of benzene rings is 1. The van der Waals surface area contributed by atoms with E-state index in [1.165, 1.54) is 22.7 Å². The van der Waals surface area contributed by atoms with E-state index in [9.17, 15) is 26.4 Å². The van der Waals surface area contributed by atoms with E-state index < -0.39 is 33.2 Å². The SMILES string of the molecule is CC(C)CS(=O)(=O)CC(=O)N1CCC(C)Sc2ccc(C(F)(F)F)cc21. The number of sulfone groups is 1. The van der Waals surface area contributed by atoms with Crippen molar-refractivity contribution in [1.29, 1.82) is 0 Å². The Labute approximate surface area is 156 Å². The zero-order valence-electron chi connectivity index (χ0n) is 14.8. The first-order valence-electron chi connectivity index (χ1n) is 8.28. The lowest BCUT2D eigenvalue weighted by Gasteiger charge is -2.24. The quantitative estimate of drug-likeness (QED) is 0.755. The molecule has 4 nitrogen and oxygen atoms in total. The van der Waals surface area contributed by atoms with Crippen LogP contribution in [0.3, 0.4) is 0 Å². The van der Waals surface area contributed by atoms with Crippen molar-refractivity contribution in [3.63, 3.8) is 0 Å². The molecule has 0 fully saturated rings. The first kappa shape index (κ1) is 21.1. The lowest BCUT2D eigenvalue weighted by atomic mass is 10.1. The molecule has 1 amide bonds. The largest absolute Gasteiger partial charge is 0.416 e. The molecule has 0 saturated carbocycles. The van der Waals surface area contributed by atoms with Gasteiger partial charge in [-0.15, -0.1) is 11.8 Å². The molecular weight excluding hydrogens is 387 g/mol. The van der Waals surface area contributed by atoms with Gasteiger partial charge in [0.15, 0.2) is 9.84 Å². The van der Waals surface area contributed by atoms with Crippen LogP contribution in [0.15, 0.2) is 23.1 Å². The summed E-state index contributed by atoms with van der Waals surface area (Å²) in [6, 6.07) is 3.28. The van der Waals surface area contributed by atoms with Crippen molar-refractivity contribution in [1.82, 2.24) is 0 Å². The van der Waals surface area contributed by atoms with Crippen LogP contribution < -0.4 is 4.90 Å². The van der Waals surface area contributed by atoms with Crippen molar-refractivity contribution >= 4 is 33.2 Å². The molecule has 0 saturated heterocycles. The van der Waals surface area contributed by atoms with Crippen LogP contribution in [0.5, 0.6) is 0 Å². The lowest BCUT2D eigenvalue weighted by Crippen LogP contribution is -2.38. The van der Waals surface area contributed by atoms with Crippen molar-refractivity contribution in [2.24, 2.45) is 5.92 Å². The molecule has 146 valence electrons. The standard InChI is InChI=1S/C17H22F3NO3S2/c1-11(2)9-26(23,24)10-16(22)21-7-6-12(3)25-15-5-4-13(8-14(15)21)17(18,19)20/h4-5,8,11-12H,6-7,9-10H2,1-3H3. The second-order valence-electron chi connectivity index (χ2n) is 6.89. The van der Waals surface area contributed by atoms with E-state index in [-0.39, 0.29) is 29.2 Å². The third-order valence-electron chi connectivity index (χ3n) is 3.90. The van der Waals surface area contributed by atoms with E-state index in [0.717, 1.165) is 12.1 Å². The molecule has 0 bridgehead atoms. The van der Waals surface area contributed by atoms with Crippen LogP contribution in [0.2, 0.25) is 0 Å². The smallest absolute Gasteiger partial charge is 0.310 e. The Kier molecular flexibility index (Phi) is 6.32. The second kappa shape index (κ2) is 7.80. The number of carbonyl (C=O) groups is 1. The summed E-state index contributed by atoms with van der Waals surface area (Å²) in [5.41, 5.74) is -0.715. The van der Waals surface area contributed by atoms with Gasteiger partial charge < -0.3 is 4.90 Å². The number of rotatable bonds is 4. The molecule has 0 aromatic heterocycles.